The minimum atomic E-state index is 0.290. The third kappa shape index (κ3) is 2.20. The van der Waals surface area contributed by atoms with Crippen LogP contribution >= 0.6 is 12.6 Å². The van der Waals surface area contributed by atoms with Crippen LogP contribution in [0.1, 0.15) is 13.8 Å². The van der Waals surface area contributed by atoms with Crippen molar-refractivity contribution < 1.29 is 5.11 Å². The second-order valence-corrected chi connectivity index (χ2v) is 3.20. The average molecular weight is 206 g/mol. The van der Waals surface area contributed by atoms with Crippen molar-refractivity contribution in [2.75, 3.05) is 0 Å². The van der Waals surface area contributed by atoms with Gasteiger partial charge in [0.2, 0.25) is 0 Å². The van der Waals surface area contributed by atoms with Gasteiger partial charge in [-0.3, -0.25) is 0 Å². The van der Waals surface area contributed by atoms with E-state index in [9.17, 15) is 5.11 Å². The molecule has 14 heavy (non-hydrogen) atoms. The third-order valence-corrected chi connectivity index (χ3v) is 2.08. The first kappa shape index (κ1) is 10.9. The molecule has 0 aliphatic rings. The summed E-state index contributed by atoms with van der Waals surface area (Å²) >= 11 is 4.17. The number of hydrogen-bond donors (Lipinski definition) is 2. The lowest BCUT2D eigenvalue weighted by Gasteiger charge is -2.00. The number of aromatic hydroxyl groups is 1. The lowest BCUT2D eigenvalue weighted by Crippen LogP contribution is -1.73. The summed E-state index contributed by atoms with van der Waals surface area (Å²) in [7, 11) is 0. The van der Waals surface area contributed by atoms with Gasteiger partial charge in [-0.05, 0) is 17.5 Å². The molecule has 2 heteroatoms. The minimum Gasteiger partial charge on any atom is -0.507 e. The lowest BCUT2D eigenvalue weighted by atomic mass is 10.1. The first-order valence-corrected chi connectivity index (χ1v) is 5.13. The fourth-order valence-corrected chi connectivity index (χ4v) is 1.54. The molecule has 0 aliphatic heterocycles. The van der Waals surface area contributed by atoms with Gasteiger partial charge in [-0.25, -0.2) is 0 Å². The summed E-state index contributed by atoms with van der Waals surface area (Å²) in [5, 5.41) is 11.4. The SMILES string of the molecule is CC.Oc1cc(S)cc2ccccc12. The maximum Gasteiger partial charge on any atom is 0.124 e. The van der Waals surface area contributed by atoms with Gasteiger partial charge in [-0.15, -0.1) is 12.6 Å². The Hall–Kier alpha value is -1.15. The van der Waals surface area contributed by atoms with Gasteiger partial charge in [0.25, 0.3) is 0 Å². The summed E-state index contributed by atoms with van der Waals surface area (Å²) in [4.78, 5) is 0.784. The van der Waals surface area contributed by atoms with Crippen LogP contribution in [0.15, 0.2) is 41.3 Å². The largest absolute Gasteiger partial charge is 0.507 e. The van der Waals surface area contributed by atoms with Crippen molar-refractivity contribution in [2.24, 2.45) is 0 Å². The maximum atomic E-state index is 9.50. The van der Waals surface area contributed by atoms with E-state index in [1.807, 2.05) is 44.2 Å². The van der Waals surface area contributed by atoms with Gasteiger partial charge in [0.15, 0.2) is 0 Å². The van der Waals surface area contributed by atoms with Crippen molar-refractivity contribution in [1.82, 2.24) is 0 Å². The topological polar surface area (TPSA) is 20.2 Å². The molecule has 0 aromatic heterocycles. The van der Waals surface area contributed by atoms with E-state index in [1.165, 1.54) is 0 Å². The zero-order valence-electron chi connectivity index (χ0n) is 8.36. The van der Waals surface area contributed by atoms with Crippen LogP contribution in [0.2, 0.25) is 0 Å². The van der Waals surface area contributed by atoms with Gasteiger partial charge in [0, 0.05) is 10.3 Å². The highest BCUT2D eigenvalue weighted by Crippen LogP contribution is 2.27. The molecule has 2 aromatic carbocycles. The molecule has 2 aromatic rings. The number of benzene rings is 2. The second-order valence-electron chi connectivity index (χ2n) is 2.69. The van der Waals surface area contributed by atoms with Crippen LogP contribution in [0.5, 0.6) is 5.75 Å². The minimum absolute atomic E-state index is 0.290. The van der Waals surface area contributed by atoms with Crippen LogP contribution in [0.3, 0.4) is 0 Å². The first-order valence-electron chi connectivity index (χ1n) is 4.68. The molecule has 0 radical (unpaired) electrons. The van der Waals surface area contributed by atoms with E-state index in [0.29, 0.717) is 0 Å². The van der Waals surface area contributed by atoms with Gasteiger partial charge >= 0.3 is 0 Å². The molecule has 0 unspecified atom stereocenters. The summed E-state index contributed by atoms with van der Waals surface area (Å²) in [6.07, 6.45) is 0. The van der Waals surface area contributed by atoms with Gasteiger partial charge in [0.1, 0.15) is 5.75 Å². The first-order chi connectivity index (χ1) is 6.77. The monoisotopic (exact) mass is 206 g/mol. The predicted molar refractivity (Wildman–Crippen MR) is 64.2 cm³/mol. The highest BCUT2D eigenvalue weighted by molar-refractivity contribution is 7.80. The normalized spacial score (nSPS) is 9.36. The lowest BCUT2D eigenvalue weighted by molar-refractivity contribution is 0.480. The van der Waals surface area contributed by atoms with E-state index >= 15 is 0 Å². The highest BCUT2D eigenvalue weighted by atomic mass is 32.1. The number of rotatable bonds is 0. The van der Waals surface area contributed by atoms with Crippen molar-refractivity contribution >= 4 is 23.4 Å². The second kappa shape index (κ2) is 4.91. The van der Waals surface area contributed by atoms with Crippen LogP contribution in [-0.2, 0) is 0 Å². The molecule has 1 N–H and O–H groups in total. The number of phenols is 1. The molecule has 2 rings (SSSR count). The molecule has 0 aliphatic carbocycles. The molecular weight excluding hydrogens is 192 g/mol. The van der Waals surface area contributed by atoms with Gasteiger partial charge in [0.05, 0.1) is 0 Å². The third-order valence-electron chi connectivity index (χ3n) is 1.82. The summed E-state index contributed by atoms with van der Waals surface area (Å²) in [6.45, 7) is 4.00. The maximum absolute atomic E-state index is 9.50. The zero-order chi connectivity index (χ0) is 10.6. The molecule has 0 heterocycles. The Morgan fingerprint density at radius 2 is 1.71 bits per heavy atom. The van der Waals surface area contributed by atoms with Gasteiger partial charge < -0.3 is 5.11 Å². The van der Waals surface area contributed by atoms with Gasteiger partial charge in [-0.1, -0.05) is 38.1 Å². The molecule has 1 nitrogen and oxygen atoms in total. The van der Waals surface area contributed by atoms with Crippen molar-refractivity contribution in [3.05, 3.63) is 36.4 Å². The molecule has 0 amide bonds. The number of hydrogen-bond acceptors (Lipinski definition) is 2. The standard InChI is InChI=1S/C10H8OS.C2H6/c11-10-6-8(12)5-7-3-1-2-4-9(7)10;1-2/h1-6,11-12H;1-2H3. The number of phenolic OH excluding ortho intramolecular Hbond substituents is 1. The fourth-order valence-electron chi connectivity index (χ4n) is 1.27. The Balaban J connectivity index is 0.000000461. The Labute approximate surface area is 89.8 Å². The zero-order valence-corrected chi connectivity index (χ0v) is 9.25. The Morgan fingerprint density at radius 3 is 2.43 bits per heavy atom. The molecule has 74 valence electrons. The molecule has 0 bridgehead atoms. The average Bonchev–Trinajstić information content (AvgIpc) is 2.20. The smallest absolute Gasteiger partial charge is 0.124 e. The van der Waals surface area contributed by atoms with Crippen molar-refractivity contribution in [2.45, 2.75) is 18.7 Å². The molecule has 0 atom stereocenters. The van der Waals surface area contributed by atoms with E-state index in [1.54, 1.807) is 6.07 Å². The Morgan fingerprint density at radius 1 is 1.07 bits per heavy atom. The summed E-state index contributed by atoms with van der Waals surface area (Å²) < 4.78 is 0. The predicted octanol–water partition coefficient (Wildman–Crippen LogP) is 3.86. The van der Waals surface area contributed by atoms with Crippen LogP contribution in [-0.4, -0.2) is 5.11 Å². The van der Waals surface area contributed by atoms with Crippen molar-refractivity contribution in [1.29, 1.82) is 0 Å². The van der Waals surface area contributed by atoms with E-state index in [4.69, 9.17) is 0 Å². The van der Waals surface area contributed by atoms with E-state index in [0.717, 1.165) is 15.7 Å². The number of fused-ring (bicyclic) bond motifs is 1. The molecular formula is C12H14OS. The Kier molecular flexibility index (Phi) is 3.84. The quantitative estimate of drug-likeness (QED) is 0.627. The van der Waals surface area contributed by atoms with E-state index in [-0.39, 0.29) is 5.75 Å². The van der Waals surface area contributed by atoms with Crippen LogP contribution < -0.4 is 0 Å². The molecule has 0 saturated carbocycles. The Bertz CT molecular complexity index is 424. The van der Waals surface area contributed by atoms with Crippen LogP contribution in [0.25, 0.3) is 10.8 Å². The summed E-state index contributed by atoms with van der Waals surface area (Å²) in [5.74, 6) is 0.290. The molecule has 0 saturated heterocycles. The van der Waals surface area contributed by atoms with E-state index < -0.39 is 0 Å². The summed E-state index contributed by atoms with van der Waals surface area (Å²) in [5.41, 5.74) is 0. The number of thiol groups is 1. The van der Waals surface area contributed by atoms with Gasteiger partial charge in [-0.2, -0.15) is 0 Å². The molecule has 0 fully saturated rings. The highest BCUT2D eigenvalue weighted by Gasteiger charge is 1.98. The van der Waals surface area contributed by atoms with Crippen LogP contribution in [0.4, 0.5) is 0 Å². The van der Waals surface area contributed by atoms with Crippen molar-refractivity contribution in [3.63, 3.8) is 0 Å². The van der Waals surface area contributed by atoms with Crippen molar-refractivity contribution in [3.8, 4) is 5.75 Å². The van der Waals surface area contributed by atoms with Crippen LogP contribution in [0, 0.1) is 0 Å². The van der Waals surface area contributed by atoms with E-state index in [2.05, 4.69) is 12.6 Å². The fraction of sp³-hybridized carbons (Fsp3) is 0.167. The summed E-state index contributed by atoms with van der Waals surface area (Å²) in [6, 6.07) is 11.3. The molecule has 0 spiro atoms.